The Balaban J connectivity index is 1.22. The number of alkyl halides is 3. The molecule has 0 bridgehead atoms. The van der Waals surface area contributed by atoms with Crippen molar-refractivity contribution in [3.8, 4) is 11.5 Å². The van der Waals surface area contributed by atoms with Crippen LogP contribution in [0.2, 0.25) is 0 Å². The summed E-state index contributed by atoms with van der Waals surface area (Å²) in [6, 6.07) is 5.21. The Morgan fingerprint density at radius 2 is 1.79 bits per heavy atom. The van der Waals surface area contributed by atoms with Gasteiger partial charge in [-0.3, -0.25) is 9.69 Å². The van der Waals surface area contributed by atoms with Crippen molar-refractivity contribution in [2.75, 3.05) is 38.1 Å². The Kier molecular flexibility index (Phi) is 6.78. The average molecular weight is 530 g/mol. The number of anilines is 1. The molecule has 2 aromatic heterocycles. The lowest BCUT2D eigenvalue weighted by molar-refractivity contribution is -0.138. The molecule has 2 aliphatic rings. The third-order valence-electron chi connectivity index (χ3n) is 7.03. The fourth-order valence-corrected chi connectivity index (χ4v) is 5.03. The Labute approximate surface area is 216 Å². The first-order chi connectivity index (χ1) is 18.1. The molecule has 1 aromatic carbocycles. The maximum Gasteiger partial charge on any atom is 0.416 e. The number of carbonyl (C=O) groups is 2. The van der Waals surface area contributed by atoms with Crippen LogP contribution in [0.4, 0.5) is 23.7 Å². The van der Waals surface area contributed by atoms with Gasteiger partial charge < -0.3 is 14.5 Å². The number of carbonyl (C=O) groups excluding carboxylic acids is 2. The van der Waals surface area contributed by atoms with E-state index in [4.69, 9.17) is 4.74 Å². The van der Waals surface area contributed by atoms with E-state index in [9.17, 15) is 22.8 Å². The number of hydrogen-bond acceptors (Lipinski definition) is 7. The van der Waals surface area contributed by atoms with Crippen molar-refractivity contribution in [3.63, 3.8) is 0 Å². The number of hydrogen-bond donors (Lipinski definition) is 0. The van der Waals surface area contributed by atoms with E-state index < -0.39 is 11.7 Å². The van der Waals surface area contributed by atoms with Gasteiger partial charge in [0.15, 0.2) is 0 Å². The molecule has 38 heavy (non-hydrogen) atoms. The third kappa shape index (κ3) is 5.32. The molecule has 4 heterocycles. The molecule has 2 fully saturated rings. The number of benzene rings is 1. The van der Waals surface area contributed by atoms with E-state index in [1.165, 1.54) is 59.5 Å². The number of nitrogens with zero attached hydrogens (tertiary/aromatic N) is 7. The summed E-state index contributed by atoms with van der Waals surface area (Å²) in [5.74, 6) is 0.507. The summed E-state index contributed by atoms with van der Waals surface area (Å²) in [7, 11) is 1.60. The van der Waals surface area contributed by atoms with Crippen LogP contribution in [0.5, 0.6) is 11.5 Å². The standard InChI is InChI=1S/C25H26F3N7O3/c1-16(36)32(2)20-8-31-35(15-20)24(37)34-13-18-11-33(12-19(18)14-34)10-17-3-4-21(7-23(17)25(26,27)28)38-22-5-6-29-30-9-22/h3-9,15,18-19H,10-14H2,1-2H3. The second-order valence-corrected chi connectivity index (χ2v) is 9.62. The first-order valence-electron chi connectivity index (χ1n) is 12.0. The van der Waals surface area contributed by atoms with Crippen LogP contribution in [0.3, 0.4) is 0 Å². The van der Waals surface area contributed by atoms with Crippen LogP contribution >= 0.6 is 0 Å². The van der Waals surface area contributed by atoms with Gasteiger partial charge in [-0.05, 0) is 29.5 Å². The first kappa shape index (κ1) is 25.6. The first-order valence-corrected chi connectivity index (χ1v) is 12.0. The van der Waals surface area contributed by atoms with Gasteiger partial charge in [0.2, 0.25) is 5.91 Å². The zero-order valence-electron chi connectivity index (χ0n) is 20.8. The molecular formula is C25H26F3N7O3. The van der Waals surface area contributed by atoms with Gasteiger partial charge in [0.25, 0.3) is 0 Å². The minimum Gasteiger partial charge on any atom is -0.456 e. The molecule has 2 atom stereocenters. The monoisotopic (exact) mass is 529 g/mol. The molecule has 2 unspecified atom stereocenters. The van der Waals surface area contributed by atoms with Gasteiger partial charge in [0.05, 0.1) is 36.0 Å². The Bertz CT molecular complexity index is 1320. The molecule has 3 aromatic rings. The molecule has 2 aliphatic heterocycles. The third-order valence-corrected chi connectivity index (χ3v) is 7.03. The highest BCUT2D eigenvalue weighted by Gasteiger charge is 2.43. The summed E-state index contributed by atoms with van der Waals surface area (Å²) in [4.78, 5) is 29.6. The maximum atomic E-state index is 13.9. The van der Waals surface area contributed by atoms with Crippen LogP contribution < -0.4 is 9.64 Å². The van der Waals surface area contributed by atoms with Crippen LogP contribution in [0.1, 0.15) is 18.1 Å². The molecule has 0 radical (unpaired) electrons. The summed E-state index contributed by atoms with van der Waals surface area (Å²) >= 11 is 0. The second kappa shape index (κ2) is 10.0. The van der Waals surface area contributed by atoms with Gasteiger partial charge in [-0.15, -0.1) is 0 Å². The van der Waals surface area contributed by atoms with Gasteiger partial charge in [-0.25, -0.2) is 4.79 Å². The molecule has 0 aliphatic carbocycles. The van der Waals surface area contributed by atoms with Crippen molar-refractivity contribution in [1.82, 2.24) is 29.8 Å². The van der Waals surface area contributed by atoms with Crippen LogP contribution in [0.25, 0.3) is 0 Å². The molecule has 10 nitrogen and oxygen atoms in total. The van der Waals surface area contributed by atoms with Gasteiger partial charge >= 0.3 is 12.2 Å². The van der Waals surface area contributed by atoms with Crippen molar-refractivity contribution >= 4 is 17.6 Å². The second-order valence-electron chi connectivity index (χ2n) is 9.62. The zero-order valence-corrected chi connectivity index (χ0v) is 20.8. The van der Waals surface area contributed by atoms with E-state index in [0.717, 1.165) is 6.07 Å². The minimum atomic E-state index is -4.54. The lowest BCUT2D eigenvalue weighted by atomic mass is 10.0. The fourth-order valence-electron chi connectivity index (χ4n) is 5.03. The SMILES string of the molecule is CC(=O)N(C)c1cnn(C(=O)N2CC3CN(Cc4ccc(Oc5ccnnc5)cc4C(F)(F)F)CC3C2)c1. The van der Waals surface area contributed by atoms with Gasteiger partial charge in [-0.1, -0.05) is 6.07 Å². The number of fused-ring (bicyclic) bond motifs is 1. The van der Waals surface area contributed by atoms with E-state index in [-0.39, 0.29) is 41.6 Å². The predicted molar refractivity (Wildman–Crippen MR) is 129 cm³/mol. The number of amides is 2. The highest BCUT2D eigenvalue weighted by molar-refractivity contribution is 5.91. The quantitative estimate of drug-likeness (QED) is 0.499. The van der Waals surface area contributed by atoms with Crippen molar-refractivity contribution < 1.29 is 27.5 Å². The molecule has 5 rings (SSSR count). The minimum absolute atomic E-state index is 0.0674. The smallest absolute Gasteiger partial charge is 0.416 e. The van der Waals surface area contributed by atoms with Crippen LogP contribution in [-0.4, -0.2) is 74.9 Å². The molecule has 200 valence electrons. The highest BCUT2D eigenvalue weighted by Crippen LogP contribution is 2.38. The number of rotatable bonds is 5. The normalized spacial score (nSPS) is 19.4. The summed E-state index contributed by atoms with van der Waals surface area (Å²) in [5.41, 5.74) is -0.0501. The van der Waals surface area contributed by atoms with E-state index in [1.54, 1.807) is 11.9 Å². The Morgan fingerprint density at radius 1 is 1.05 bits per heavy atom. The van der Waals surface area contributed by atoms with Crippen LogP contribution in [0, 0.1) is 11.8 Å². The lowest BCUT2D eigenvalue weighted by Gasteiger charge is -2.23. The number of halogens is 3. The van der Waals surface area contributed by atoms with Crippen molar-refractivity contribution in [2.24, 2.45) is 11.8 Å². The molecule has 0 saturated carbocycles. The lowest BCUT2D eigenvalue weighted by Crippen LogP contribution is -2.36. The van der Waals surface area contributed by atoms with Gasteiger partial charge in [0.1, 0.15) is 11.5 Å². The molecule has 13 heteroatoms. The van der Waals surface area contributed by atoms with Crippen molar-refractivity contribution in [3.05, 3.63) is 60.2 Å². The molecular weight excluding hydrogens is 503 g/mol. The zero-order chi connectivity index (χ0) is 27.0. The Morgan fingerprint density at radius 3 is 2.42 bits per heavy atom. The molecule has 2 amide bonds. The number of likely N-dealkylation sites (tertiary alicyclic amines) is 2. The predicted octanol–water partition coefficient (Wildman–Crippen LogP) is 3.50. The van der Waals surface area contributed by atoms with Crippen molar-refractivity contribution in [1.29, 1.82) is 0 Å². The van der Waals surface area contributed by atoms with E-state index >= 15 is 0 Å². The van der Waals surface area contributed by atoms with Crippen LogP contribution in [-0.2, 0) is 17.5 Å². The van der Waals surface area contributed by atoms with Crippen molar-refractivity contribution in [2.45, 2.75) is 19.6 Å². The summed E-state index contributed by atoms with van der Waals surface area (Å²) in [6.45, 7) is 3.74. The highest BCUT2D eigenvalue weighted by atomic mass is 19.4. The van der Waals surface area contributed by atoms with Crippen LogP contribution in [0.15, 0.2) is 49.1 Å². The molecule has 0 N–H and O–H groups in total. The van der Waals surface area contributed by atoms with E-state index in [1.807, 2.05) is 4.90 Å². The van der Waals surface area contributed by atoms with Gasteiger partial charge in [-0.2, -0.15) is 33.1 Å². The summed E-state index contributed by atoms with van der Waals surface area (Å²) in [6.07, 6.45) is 1.16. The maximum absolute atomic E-state index is 13.9. The molecule has 0 spiro atoms. The topological polar surface area (TPSA) is 96.7 Å². The summed E-state index contributed by atoms with van der Waals surface area (Å²) in [5, 5.41) is 11.4. The number of aromatic nitrogens is 4. The van der Waals surface area contributed by atoms with E-state index in [2.05, 4.69) is 15.3 Å². The average Bonchev–Trinajstić information content (AvgIpc) is 3.59. The van der Waals surface area contributed by atoms with E-state index in [0.29, 0.717) is 37.6 Å². The number of ether oxygens (including phenoxy) is 1. The summed E-state index contributed by atoms with van der Waals surface area (Å²) < 4.78 is 48.4. The Hall–Kier alpha value is -4.00. The van der Waals surface area contributed by atoms with Gasteiger partial charge in [0, 0.05) is 52.8 Å². The molecule has 2 saturated heterocycles. The fraction of sp³-hybridized carbons (Fsp3) is 0.400. The largest absolute Gasteiger partial charge is 0.456 e.